The van der Waals surface area contributed by atoms with Crippen LogP contribution in [-0.4, -0.2) is 29.5 Å². The van der Waals surface area contributed by atoms with Crippen molar-refractivity contribution in [1.29, 1.82) is 0 Å². The van der Waals surface area contributed by atoms with E-state index >= 15 is 0 Å². The van der Waals surface area contributed by atoms with Gasteiger partial charge in [-0.2, -0.15) is 5.10 Å². The Bertz CT molecular complexity index is 830. The van der Waals surface area contributed by atoms with Crippen LogP contribution in [-0.2, 0) is 9.59 Å². The van der Waals surface area contributed by atoms with E-state index in [2.05, 4.69) is 15.8 Å². The second kappa shape index (κ2) is 6.95. The summed E-state index contributed by atoms with van der Waals surface area (Å²) in [6, 6.07) is 11.8. The summed E-state index contributed by atoms with van der Waals surface area (Å²) in [5, 5.41) is 16.9. The van der Waals surface area contributed by atoms with Gasteiger partial charge >= 0.3 is 5.88 Å². The second-order valence-corrected chi connectivity index (χ2v) is 5.41. The monoisotopic (exact) mass is 342 g/mol. The lowest BCUT2D eigenvalue weighted by Gasteiger charge is -2.15. The van der Waals surface area contributed by atoms with Gasteiger partial charge < -0.3 is 9.73 Å². The highest BCUT2D eigenvalue weighted by Gasteiger charge is 2.40. The molecule has 0 saturated carbocycles. The molecule has 25 heavy (non-hydrogen) atoms. The maximum atomic E-state index is 12.3. The van der Waals surface area contributed by atoms with Crippen LogP contribution in [0.2, 0.25) is 0 Å². The molecule has 3 rings (SSSR count). The number of hydrogen-bond acceptors (Lipinski definition) is 6. The van der Waals surface area contributed by atoms with E-state index in [9.17, 15) is 19.7 Å². The Labute approximate surface area is 141 Å². The molecule has 0 spiro atoms. The first-order valence-corrected chi connectivity index (χ1v) is 7.46. The van der Waals surface area contributed by atoms with E-state index in [-0.39, 0.29) is 17.6 Å². The lowest BCUT2D eigenvalue weighted by molar-refractivity contribution is -0.402. The van der Waals surface area contributed by atoms with Crippen LogP contribution in [0.15, 0.2) is 52.0 Å². The van der Waals surface area contributed by atoms with E-state index in [1.54, 1.807) is 0 Å². The molecule has 2 amide bonds. The molecule has 0 radical (unpaired) electrons. The maximum Gasteiger partial charge on any atom is 0.433 e. The number of carbonyl (C=O) groups excluding carboxylic acids is 2. The molecule has 1 aliphatic heterocycles. The van der Waals surface area contributed by atoms with E-state index in [0.717, 1.165) is 11.8 Å². The third-order valence-corrected chi connectivity index (χ3v) is 3.85. The summed E-state index contributed by atoms with van der Waals surface area (Å²) in [5.41, 5.74) is 3.16. The first kappa shape index (κ1) is 16.4. The van der Waals surface area contributed by atoms with Gasteiger partial charge in [0.15, 0.2) is 5.76 Å². The lowest BCUT2D eigenvalue weighted by Crippen LogP contribution is -2.34. The molecule has 1 saturated heterocycles. The van der Waals surface area contributed by atoms with Crippen molar-refractivity contribution in [2.24, 2.45) is 11.0 Å². The van der Waals surface area contributed by atoms with Gasteiger partial charge in [-0.25, -0.2) is 5.43 Å². The number of nitrogens with zero attached hydrogens (tertiary/aromatic N) is 2. The van der Waals surface area contributed by atoms with Gasteiger partial charge in [0.1, 0.15) is 10.8 Å². The van der Waals surface area contributed by atoms with E-state index in [1.807, 2.05) is 30.3 Å². The molecule has 2 heterocycles. The zero-order chi connectivity index (χ0) is 17.8. The van der Waals surface area contributed by atoms with Crippen LogP contribution in [0.5, 0.6) is 0 Å². The van der Waals surface area contributed by atoms with Gasteiger partial charge in [0, 0.05) is 12.5 Å². The molecule has 2 aromatic rings. The summed E-state index contributed by atoms with van der Waals surface area (Å²) in [7, 11) is 0. The largest absolute Gasteiger partial charge is 0.433 e. The van der Waals surface area contributed by atoms with Crippen LogP contribution < -0.4 is 10.7 Å². The molecule has 128 valence electrons. The number of hydrogen-bond donors (Lipinski definition) is 2. The molecule has 0 bridgehead atoms. The smallest absolute Gasteiger partial charge is 0.400 e. The number of amides is 2. The molecular weight excluding hydrogens is 328 g/mol. The summed E-state index contributed by atoms with van der Waals surface area (Å²) in [5.74, 6) is -2.41. The van der Waals surface area contributed by atoms with E-state index < -0.39 is 22.6 Å². The third-order valence-electron chi connectivity index (χ3n) is 3.85. The van der Waals surface area contributed by atoms with Crippen molar-refractivity contribution in [1.82, 2.24) is 10.7 Å². The second-order valence-electron chi connectivity index (χ2n) is 5.41. The van der Waals surface area contributed by atoms with Crippen molar-refractivity contribution in [2.75, 3.05) is 6.54 Å². The number of rotatable bonds is 5. The zero-order valence-electron chi connectivity index (χ0n) is 12.9. The van der Waals surface area contributed by atoms with Crippen LogP contribution in [0.4, 0.5) is 5.88 Å². The van der Waals surface area contributed by atoms with Crippen LogP contribution >= 0.6 is 0 Å². The van der Waals surface area contributed by atoms with Gasteiger partial charge in [0.05, 0.1) is 12.3 Å². The third kappa shape index (κ3) is 3.55. The highest BCUT2D eigenvalue weighted by molar-refractivity contribution is 6.03. The molecule has 0 aliphatic carbocycles. The fourth-order valence-electron chi connectivity index (χ4n) is 2.67. The summed E-state index contributed by atoms with van der Waals surface area (Å²) in [6.45, 7) is 0.370. The number of carbonyl (C=O) groups is 2. The quantitative estimate of drug-likeness (QED) is 0.365. The topological polar surface area (TPSA) is 127 Å². The Balaban J connectivity index is 1.67. The van der Waals surface area contributed by atoms with Crippen molar-refractivity contribution in [3.8, 4) is 0 Å². The lowest BCUT2D eigenvalue weighted by atomic mass is 9.88. The van der Waals surface area contributed by atoms with Crippen LogP contribution in [0.3, 0.4) is 0 Å². The van der Waals surface area contributed by atoms with E-state index in [1.165, 1.54) is 12.1 Å². The van der Waals surface area contributed by atoms with E-state index in [0.29, 0.717) is 6.54 Å². The fourth-order valence-corrected chi connectivity index (χ4v) is 2.67. The Morgan fingerprint density at radius 3 is 2.76 bits per heavy atom. The van der Waals surface area contributed by atoms with Crippen LogP contribution in [0.1, 0.15) is 17.2 Å². The zero-order valence-corrected chi connectivity index (χ0v) is 12.9. The molecule has 2 N–H and O–H groups in total. The molecule has 0 unspecified atom stereocenters. The maximum absolute atomic E-state index is 12.3. The van der Waals surface area contributed by atoms with Crippen molar-refractivity contribution < 1.29 is 18.9 Å². The molecule has 1 aliphatic rings. The fraction of sp³-hybridized carbons (Fsp3) is 0.188. The predicted octanol–water partition coefficient (Wildman–Crippen LogP) is 1.17. The molecule has 1 aromatic heterocycles. The number of benzene rings is 1. The SMILES string of the molecule is O=C1NC[C@@H](c2ccccc2)[C@@H]1C(=O)NN=Cc1ccc([N+](=O)[O-])o1. The molecule has 1 fully saturated rings. The molecular formula is C16H14N4O5. The Kier molecular flexibility index (Phi) is 4.55. The number of furan rings is 1. The average molecular weight is 342 g/mol. The van der Waals surface area contributed by atoms with Crippen LogP contribution in [0, 0.1) is 16.0 Å². The first-order valence-electron chi connectivity index (χ1n) is 7.46. The summed E-state index contributed by atoms with van der Waals surface area (Å²) < 4.78 is 4.88. The van der Waals surface area contributed by atoms with Gasteiger partial charge in [-0.05, 0) is 11.6 Å². The highest BCUT2D eigenvalue weighted by Crippen LogP contribution is 2.28. The van der Waals surface area contributed by atoms with Gasteiger partial charge in [0.2, 0.25) is 5.91 Å². The molecule has 9 nitrogen and oxygen atoms in total. The standard InChI is InChI=1S/C16H14N4O5/c21-15-14(12(9-17-15)10-4-2-1-3-5-10)16(22)19-18-8-11-6-7-13(25-11)20(23)24/h1-8,12,14H,9H2,(H,17,21)(H,19,22)/t12-,14-/m0/s1. The molecule has 9 heteroatoms. The van der Waals surface area contributed by atoms with Gasteiger partial charge in [-0.3, -0.25) is 19.7 Å². The molecule has 1 aromatic carbocycles. The normalized spacial score (nSPS) is 19.8. The number of hydrazone groups is 1. The Morgan fingerprint density at radius 2 is 2.08 bits per heavy atom. The van der Waals surface area contributed by atoms with Crippen LogP contribution in [0.25, 0.3) is 0 Å². The number of nitro groups is 1. The van der Waals surface area contributed by atoms with Gasteiger partial charge in [-0.1, -0.05) is 30.3 Å². The van der Waals surface area contributed by atoms with Gasteiger partial charge in [-0.15, -0.1) is 0 Å². The summed E-state index contributed by atoms with van der Waals surface area (Å²) in [4.78, 5) is 34.2. The van der Waals surface area contributed by atoms with Gasteiger partial charge in [0.25, 0.3) is 5.91 Å². The van der Waals surface area contributed by atoms with Crippen molar-refractivity contribution in [2.45, 2.75) is 5.92 Å². The molecule has 2 atom stereocenters. The Hall–Kier alpha value is -3.49. The Morgan fingerprint density at radius 1 is 1.32 bits per heavy atom. The van der Waals surface area contributed by atoms with Crippen molar-refractivity contribution in [3.05, 3.63) is 63.9 Å². The van der Waals surface area contributed by atoms with Crippen molar-refractivity contribution >= 4 is 23.9 Å². The minimum Gasteiger partial charge on any atom is -0.400 e. The predicted molar refractivity (Wildman–Crippen MR) is 86.8 cm³/mol. The average Bonchev–Trinajstić information content (AvgIpc) is 3.22. The van der Waals surface area contributed by atoms with Crippen molar-refractivity contribution in [3.63, 3.8) is 0 Å². The first-order chi connectivity index (χ1) is 12.1. The highest BCUT2D eigenvalue weighted by atomic mass is 16.6. The van der Waals surface area contributed by atoms with E-state index in [4.69, 9.17) is 4.42 Å². The number of nitrogens with one attached hydrogen (secondary N) is 2. The minimum absolute atomic E-state index is 0.113. The minimum atomic E-state index is -0.898. The summed E-state index contributed by atoms with van der Waals surface area (Å²) in [6.07, 6.45) is 1.13. The summed E-state index contributed by atoms with van der Waals surface area (Å²) >= 11 is 0.